The molecule has 4 heteroatoms. The van der Waals surface area contributed by atoms with Crippen LogP contribution in [0.25, 0.3) is 0 Å². The number of carbonyl (C=O) groups is 1. The van der Waals surface area contributed by atoms with Crippen LogP contribution in [0.15, 0.2) is 42.5 Å². The van der Waals surface area contributed by atoms with Crippen LogP contribution in [0, 0.1) is 13.8 Å². The molecule has 0 unspecified atom stereocenters. The maximum Gasteiger partial charge on any atom is 0.303 e. The second-order valence-corrected chi connectivity index (χ2v) is 5.56. The molecule has 0 heterocycles. The Morgan fingerprint density at radius 2 is 1.48 bits per heavy atom. The first-order chi connectivity index (χ1) is 11.0. The number of ether oxygens (including phenoxy) is 2. The van der Waals surface area contributed by atoms with Gasteiger partial charge in [0.15, 0.2) is 0 Å². The van der Waals surface area contributed by atoms with E-state index >= 15 is 0 Å². The van der Waals surface area contributed by atoms with Gasteiger partial charge >= 0.3 is 5.97 Å². The molecule has 0 radical (unpaired) electrons. The largest absolute Gasteiger partial charge is 0.490 e. The van der Waals surface area contributed by atoms with E-state index in [1.54, 1.807) is 0 Å². The molecule has 2 aromatic carbocycles. The second-order valence-electron chi connectivity index (χ2n) is 5.56. The van der Waals surface area contributed by atoms with E-state index in [0.29, 0.717) is 19.6 Å². The molecule has 1 N–H and O–H groups in total. The summed E-state index contributed by atoms with van der Waals surface area (Å²) in [6.07, 6.45) is 0.676. The lowest BCUT2D eigenvalue weighted by Gasteiger charge is -2.10. The third-order valence-electron chi connectivity index (χ3n) is 3.37. The summed E-state index contributed by atoms with van der Waals surface area (Å²) in [6, 6.07) is 13.6. The fourth-order valence-electron chi connectivity index (χ4n) is 2.34. The maximum atomic E-state index is 10.5. The number of carboxylic acid groups (broad SMARTS) is 1. The SMILES string of the molecule is Cc1cc(C)cc(OCCOc2ccc(CCC(=O)O)cc2)c1. The van der Waals surface area contributed by atoms with Gasteiger partial charge in [0, 0.05) is 6.42 Å². The number of benzene rings is 2. The molecule has 0 atom stereocenters. The first-order valence-corrected chi connectivity index (χ1v) is 7.67. The van der Waals surface area contributed by atoms with Crippen LogP contribution in [0.3, 0.4) is 0 Å². The molecular weight excluding hydrogens is 292 g/mol. The lowest BCUT2D eigenvalue weighted by Crippen LogP contribution is -2.09. The molecule has 0 spiro atoms. The van der Waals surface area contributed by atoms with Gasteiger partial charge in [0.05, 0.1) is 0 Å². The van der Waals surface area contributed by atoms with Crippen molar-refractivity contribution in [2.75, 3.05) is 13.2 Å². The Morgan fingerprint density at radius 1 is 0.913 bits per heavy atom. The van der Waals surface area contributed by atoms with E-state index in [9.17, 15) is 4.79 Å². The zero-order valence-electron chi connectivity index (χ0n) is 13.5. The van der Waals surface area contributed by atoms with Gasteiger partial charge in [-0.15, -0.1) is 0 Å². The molecule has 0 amide bonds. The highest BCUT2D eigenvalue weighted by atomic mass is 16.5. The van der Waals surface area contributed by atoms with Gasteiger partial charge < -0.3 is 14.6 Å². The van der Waals surface area contributed by atoms with E-state index in [0.717, 1.165) is 17.1 Å². The molecule has 2 aromatic rings. The van der Waals surface area contributed by atoms with Crippen LogP contribution in [-0.4, -0.2) is 24.3 Å². The van der Waals surface area contributed by atoms with Gasteiger partial charge in [0.25, 0.3) is 0 Å². The molecule has 0 saturated carbocycles. The maximum absolute atomic E-state index is 10.5. The monoisotopic (exact) mass is 314 g/mol. The third kappa shape index (κ3) is 6.02. The predicted octanol–water partition coefficient (Wildman–Crippen LogP) is 3.78. The number of carboxylic acids is 1. The van der Waals surface area contributed by atoms with Crippen molar-refractivity contribution in [3.8, 4) is 11.5 Å². The Labute approximate surface area is 136 Å². The van der Waals surface area contributed by atoms with Crippen molar-refractivity contribution in [3.63, 3.8) is 0 Å². The van der Waals surface area contributed by atoms with E-state index in [2.05, 4.69) is 6.07 Å². The van der Waals surface area contributed by atoms with Crippen molar-refractivity contribution >= 4 is 5.97 Å². The van der Waals surface area contributed by atoms with E-state index in [-0.39, 0.29) is 6.42 Å². The predicted molar refractivity (Wildman–Crippen MR) is 89.3 cm³/mol. The molecule has 23 heavy (non-hydrogen) atoms. The van der Waals surface area contributed by atoms with Gasteiger partial charge in [0.2, 0.25) is 0 Å². The summed E-state index contributed by atoms with van der Waals surface area (Å²) in [5.74, 6) is 0.831. The first kappa shape index (κ1) is 16.9. The quantitative estimate of drug-likeness (QED) is 0.753. The van der Waals surface area contributed by atoms with Crippen molar-refractivity contribution in [2.24, 2.45) is 0 Å². The summed E-state index contributed by atoms with van der Waals surface area (Å²) in [5, 5.41) is 8.66. The lowest BCUT2D eigenvalue weighted by atomic mass is 10.1. The highest BCUT2D eigenvalue weighted by molar-refractivity contribution is 5.67. The summed E-state index contributed by atoms with van der Waals surface area (Å²) in [7, 11) is 0. The van der Waals surface area contributed by atoms with Crippen molar-refractivity contribution in [2.45, 2.75) is 26.7 Å². The second kappa shape index (κ2) is 8.22. The highest BCUT2D eigenvalue weighted by Crippen LogP contribution is 2.17. The molecule has 2 rings (SSSR count). The Morgan fingerprint density at radius 3 is 2.04 bits per heavy atom. The van der Waals surface area contributed by atoms with Crippen molar-refractivity contribution < 1.29 is 19.4 Å². The Balaban J connectivity index is 1.74. The van der Waals surface area contributed by atoms with Crippen molar-refractivity contribution in [3.05, 3.63) is 59.2 Å². The minimum Gasteiger partial charge on any atom is -0.490 e. The van der Waals surface area contributed by atoms with Crippen LogP contribution in [0.2, 0.25) is 0 Å². The topological polar surface area (TPSA) is 55.8 Å². The van der Waals surface area contributed by atoms with Gasteiger partial charge in [-0.3, -0.25) is 4.79 Å². The zero-order chi connectivity index (χ0) is 16.7. The number of hydrogen-bond donors (Lipinski definition) is 1. The lowest BCUT2D eigenvalue weighted by molar-refractivity contribution is -0.136. The summed E-state index contributed by atoms with van der Waals surface area (Å²) < 4.78 is 11.3. The smallest absolute Gasteiger partial charge is 0.303 e. The van der Waals surface area contributed by atoms with E-state index < -0.39 is 5.97 Å². The van der Waals surface area contributed by atoms with Crippen LogP contribution >= 0.6 is 0 Å². The number of aryl methyl sites for hydroxylation is 3. The Hall–Kier alpha value is -2.49. The van der Waals surface area contributed by atoms with E-state index in [1.165, 1.54) is 11.1 Å². The van der Waals surface area contributed by atoms with Crippen LogP contribution in [0.1, 0.15) is 23.1 Å². The van der Waals surface area contributed by atoms with Crippen molar-refractivity contribution in [1.82, 2.24) is 0 Å². The van der Waals surface area contributed by atoms with Crippen LogP contribution in [-0.2, 0) is 11.2 Å². The zero-order valence-corrected chi connectivity index (χ0v) is 13.5. The molecule has 0 fully saturated rings. The fourth-order valence-corrected chi connectivity index (χ4v) is 2.34. The van der Waals surface area contributed by atoms with Crippen LogP contribution < -0.4 is 9.47 Å². The van der Waals surface area contributed by atoms with E-state index in [1.807, 2.05) is 50.2 Å². The molecule has 0 bridgehead atoms. The molecule has 122 valence electrons. The summed E-state index contributed by atoms with van der Waals surface area (Å²) >= 11 is 0. The van der Waals surface area contributed by atoms with Gasteiger partial charge in [-0.25, -0.2) is 0 Å². The molecule has 4 nitrogen and oxygen atoms in total. The van der Waals surface area contributed by atoms with Crippen LogP contribution in [0.5, 0.6) is 11.5 Å². The normalized spacial score (nSPS) is 10.3. The van der Waals surface area contributed by atoms with Crippen LogP contribution in [0.4, 0.5) is 0 Å². The highest BCUT2D eigenvalue weighted by Gasteiger charge is 2.01. The Kier molecular flexibility index (Phi) is 6.03. The average Bonchev–Trinajstić information content (AvgIpc) is 2.50. The van der Waals surface area contributed by atoms with E-state index in [4.69, 9.17) is 14.6 Å². The van der Waals surface area contributed by atoms with Gasteiger partial charge in [-0.2, -0.15) is 0 Å². The minimum atomic E-state index is -0.783. The van der Waals surface area contributed by atoms with Gasteiger partial charge in [0.1, 0.15) is 24.7 Å². The number of aliphatic carboxylic acids is 1. The molecule has 0 aliphatic heterocycles. The molecule has 0 aliphatic carbocycles. The number of rotatable bonds is 8. The molecule has 0 saturated heterocycles. The summed E-state index contributed by atoms with van der Waals surface area (Å²) in [6.45, 7) is 5.02. The van der Waals surface area contributed by atoms with Crippen molar-refractivity contribution in [1.29, 1.82) is 0 Å². The molecular formula is C19H22O4. The van der Waals surface area contributed by atoms with Gasteiger partial charge in [-0.1, -0.05) is 18.2 Å². The summed E-state index contributed by atoms with van der Waals surface area (Å²) in [4.78, 5) is 10.5. The standard InChI is InChI=1S/C19H22O4/c1-14-11-15(2)13-18(12-14)23-10-9-22-17-6-3-16(4-7-17)5-8-19(20)21/h3-4,6-7,11-13H,5,8-10H2,1-2H3,(H,20,21). The Bertz CT molecular complexity index is 627. The first-order valence-electron chi connectivity index (χ1n) is 7.67. The number of hydrogen-bond acceptors (Lipinski definition) is 3. The third-order valence-corrected chi connectivity index (χ3v) is 3.37. The molecule has 0 aromatic heterocycles. The fraction of sp³-hybridized carbons (Fsp3) is 0.316. The minimum absolute atomic E-state index is 0.143. The average molecular weight is 314 g/mol. The summed E-state index contributed by atoms with van der Waals surface area (Å²) in [5.41, 5.74) is 3.35. The van der Waals surface area contributed by atoms with Gasteiger partial charge in [-0.05, 0) is 61.2 Å². The molecule has 0 aliphatic rings.